The maximum Gasteiger partial charge on any atom is 0.00218 e. The summed E-state index contributed by atoms with van der Waals surface area (Å²) in [5.74, 6) is 0.895. The van der Waals surface area contributed by atoms with Crippen LogP contribution in [0.15, 0.2) is 24.3 Å². The molecule has 1 aromatic rings. The Balaban J connectivity index is 1.46. The molecular formula is C18H28N2. The van der Waals surface area contributed by atoms with Gasteiger partial charge in [-0.15, -0.1) is 0 Å². The Hall–Kier alpha value is -0.860. The molecule has 0 spiro atoms. The molecule has 2 aliphatic heterocycles. The number of likely N-dealkylation sites (tertiary alicyclic amines) is 1. The highest BCUT2D eigenvalue weighted by atomic mass is 15.1. The van der Waals surface area contributed by atoms with Crippen LogP contribution >= 0.6 is 0 Å². The van der Waals surface area contributed by atoms with Gasteiger partial charge in [-0.2, -0.15) is 0 Å². The van der Waals surface area contributed by atoms with Gasteiger partial charge >= 0.3 is 0 Å². The first-order valence-electron chi connectivity index (χ1n) is 8.41. The minimum Gasteiger partial charge on any atom is -0.317 e. The summed E-state index contributed by atoms with van der Waals surface area (Å²) in [5, 5.41) is 3.45. The second kappa shape index (κ2) is 7.24. The Labute approximate surface area is 123 Å². The molecule has 3 rings (SSSR count). The first-order chi connectivity index (χ1) is 9.90. The summed E-state index contributed by atoms with van der Waals surface area (Å²) < 4.78 is 0. The van der Waals surface area contributed by atoms with Crippen LogP contribution in [0.4, 0.5) is 0 Å². The molecular weight excluding hydrogens is 244 g/mol. The Morgan fingerprint density at radius 1 is 0.950 bits per heavy atom. The third kappa shape index (κ3) is 4.07. The van der Waals surface area contributed by atoms with Crippen molar-refractivity contribution in [1.82, 2.24) is 10.2 Å². The van der Waals surface area contributed by atoms with Crippen LogP contribution < -0.4 is 5.32 Å². The smallest absolute Gasteiger partial charge is 0.00218 e. The largest absolute Gasteiger partial charge is 0.317 e. The summed E-state index contributed by atoms with van der Waals surface area (Å²) in [6.07, 6.45) is 7.97. The van der Waals surface area contributed by atoms with Crippen LogP contribution in [0.1, 0.15) is 36.8 Å². The molecule has 110 valence electrons. The lowest BCUT2D eigenvalue weighted by Crippen LogP contribution is -2.28. The van der Waals surface area contributed by atoms with Crippen LogP contribution in [0.2, 0.25) is 0 Å². The lowest BCUT2D eigenvalue weighted by Gasteiger charge is -2.22. The molecule has 0 unspecified atom stereocenters. The van der Waals surface area contributed by atoms with Crippen LogP contribution in [0.25, 0.3) is 0 Å². The molecule has 2 fully saturated rings. The van der Waals surface area contributed by atoms with Crippen LogP contribution in [0, 0.1) is 5.92 Å². The molecule has 2 nitrogen and oxygen atoms in total. The van der Waals surface area contributed by atoms with E-state index < -0.39 is 0 Å². The molecule has 1 N–H and O–H groups in total. The Morgan fingerprint density at radius 2 is 1.60 bits per heavy atom. The fraction of sp³-hybridized carbons (Fsp3) is 0.667. The van der Waals surface area contributed by atoms with Crippen molar-refractivity contribution in [2.24, 2.45) is 5.92 Å². The fourth-order valence-electron chi connectivity index (χ4n) is 3.55. The molecule has 0 aromatic heterocycles. The van der Waals surface area contributed by atoms with Crippen LogP contribution in [0.5, 0.6) is 0 Å². The van der Waals surface area contributed by atoms with E-state index in [-0.39, 0.29) is 0 Å². The number of nitrogens with zero attached hydrogens (tertiary/aromatic N) is 1. The van der Waals surface area contributed by atoms with Crippen LogP contribution in [-0.2, 0) is 12.8 Å². The van der Waals surface area contributed by atoms with E-state index in [9.17, 15) is 0 Å². The zero-order chi connectivity index (χ0) is 13.6. The SMILES string of the molecule is c1cc(CC2CCNCC2)ccc1CCN1CCCC1. The van der Waals surface area contributed by atoms with Gasteiger partial charge in [-0.3, -0.25) is 0 Å². The number of hydrogen-bond donors (Lipinski definition) is 1. The van der Waals surface area contributed by atoms with Crippen molar-refractivity contribution in [3.63, 3.8) is 0 Å². The first kappa shape index (κ1) is 14.1. The topological polar surface area (TPSA) is 15.3 Å². The number of nitrogens with one attached hydrogen (secondary N) is 1. The number of hydrogen-bond acceptors (Lipinski definition) is 2. The molecule has 20 heavy (non-hydrogen) atoms. The lowest BCUT2D eigenvalue weighted by molar-refractivity contribution is 0.343. The maximum atomic E-state index is 3.45. The van der Waals surface area contributed by atoms with Gasteiger partial charge in [-0.1, -0.05) is 24.3 Å². The van der Waals surface area contributed by atoms with Crippen molar-refractivity contribution in [3.05, 3.63) is 35.4 Å². The summed E-state index contributed by atoms with van der Waals surface area (Å²) in [6, 6.07) is 9.43. The average Bonchev–Trinajstić information content (AvgIpc) is 3.01. The summed E-state index contributed by atoms with van der Waals surface area (Å²) in [7, 11) is 0. The third-order valence-electron chi connectivity index (χ3n) is 4.92. The van der Waals surface area contributed by atoms with E-state index in [1.165, 1.54) is 82.4 Å². The molecule has 0 radical (unpaired) electrons. The van der Waals surface area contributed by atoms with Crippen molar-refractivity contribution in [2.45, 2.75) is 38.5 Å². The number of benzene rings is 1. The normalized spacial score (nSPS) is 21.4. The third-order valence-corrected chi connectivity index (χ3v) is 4.92. The van der Waals surface area contributed by atoms with Gasteiger partial charge < -0.3 is 10.2 Å². The molecule has 2 aliphatic rings. The average molecular weight is 272 g/mol. The lowest BCUT2D eigenvalue weighted by atomic mass is 9.90. The summed E-state index contributed by atoms with van der Waals surface area (Å²) >= 11 is 0. The quantitative estimate of drug-likeness (QED) is 0.886. The van der Waals surface area contributed by atoms with Crippen molar-refractivity contribution in [2.75, 3.05) is 32.7 Å². The predicted molar refractivity (Wildman–Crippen MR) is 85.1 cm³/mol. The highest BCUT2D eigenvalue weighted by molar-refractivity contribution is 5.23. The van der Waals surface area contributed by atoms with E-state index in [2.05, 4.69) is 34.5 Å². The molecule has 0 atom stereocenters. The monoisotopic (exact) mass is 272 g/mol. The fourth-order valence-corrected chi connectivity index (χ4v) is 3.55. The van der Waals surface area contributed by atoms with Gasteiger partial charge in [0, 0.05) is 6.54 Å². The summed E-state index contributed by atoms with van der Waals surface area (Å²) in [4.78, 5) is 2.60. The predicted octanol–water partition coefficient (Wildman–Crippen LogP) is 2.87. The highest BCUT2D eigenvalue weighted by Gasteiger charge is 2.13. The standard InChI is InChI=1S/C18H28N2/c1-2-13-20(12-1)14-9-16-3-5-17(6-4-16)15-18-7-10-19-11-8-18/h3-6,18-19H,1-2,7-15H2. The minimum atomic E-state index is 0.895. The molecule has 2 heteroatoms. The highest BCUT2D eigenvalue weighted by Crippen LogP contribution is 2.18. The van der Waals surface area contributed by atoms with E-state index in [0.717, 1.165) is 5.92 Å². The van der Waals surface area contributed by atoms with Gasteiger partial charge in [0.2, 0.25) is 0 Å². The molecule has 0 bridgehead atoms. The summed E-state index contributed by atoms with van der Waals surface area (Å²) in [5.41, 5.74) is 3.03. The maximum absolute atomic E-state index is 3.45. The first-order valence-corrected chi connectivity index (χ1v) is 8.41. The van der Waals surface area contributed by atoms with E-state index in [4.69, 9.17) is 0 Å². The zero-order valence-corrected chi connectivity index (χ0v) is 12.6. The van der Waals surface area contributed by atoms with Crippen molar-refractivity contribution < 1.29 is 0 Å². The van der Waals surface area contributed by atoms with Crippen molar-refractivity contribution >= 4 is 0 Å². The Kier molecular flexibility index (Phi) is 5.10. The van der Waals surface area contributed by atoms with E-state index >= 15 is 0 Å². The van der Waals surface area contributed by atoms with Crippen molar-refractivity contribution in [1.29, 1.82) is 0 Å². The second-order valence-electron chi connectivity index (χ2n) is 6.51. The van der Waals surface area contributed by atoms with E-state index in [1.807, 2.05) is 0 Å². The molecule has 2 saturated heterocycles. The zero-order valence-electron chi connectivity index (χ0n) is 12.6. The molecule has 2 heterocycles. The molecule has 0 aliphatic carbocycles. The minimum absolute atomic E-state index is 0.895. The van der Waals surface area contributed by atoms with Gasteiger partial charge in [0.1, 0.15) is 0 Å². The Morgan fingerprint density at radius 3 is 2.30 bits per heavy atom. The van der Waals surface area contributed by atoms with Gasteiger partial charge in [-0.25, -0.2) is 0 Å². The number of rotatable bonds is 5. The van der Waals surface area contributed by atoms with E-state index in [0.29, 0.717) is 0 Å². The summed E-state index contributed by atoms with van der Waals surface area (Å²) in [6.45, 7) is 6.28. The van der Waals surface area contributed by atoms with Gasteiger partial charge in [0.05, 0.1) is 0 Å². The van der Waals surface area contributed by atoms with Gasteiger partial charge in [0.15, 0.2) is 0 Å². The van der Waals surface area contributed by atoms with E-state index in [1.54, 1.807) is 0 Å². The van der Waals surface area contributed by atoms with Crippen LogP contribution in [0.3, 0.4) is 0 Å². The second-order valence-corrected chi connectivity index (χ2v) is 6.51. The van der Waals surface area contributed by atoms with Crippen molar-refractivity contribution in [3.8, 4) is 0 Å². The number of piperidine rings is 1. The van der Waals surface area contributed by atoms with Crippen LogP contribution in [-0.4, -0.2) is 37.6 Å². The Bertz CT molecular complexity index is 386. The van der Waals surface area contributed by atoms with Gasteiger partial charge in [-0.05, 0) is 81.7 Å². The molecule has 0 amide bonds. The van der Waals surface area contributed by atoms with Gasteiger partial charge in [0.25, 0.3) is 0 Å². The molecule has 0 saturated carbocycles. The molecule has 1 aromatic carbocycles.